The maximum Gasteiger partial charge on any atom is 0.256 e. The van der Waals surface area contributed by atoms with Gasteiger partial charge in [-0.3, -0.25) is 4.79 Å². The second kappa shape index (κ2) is 6.06. The van der Waals surface area contributed by atoms with E-state index in [2.05, 4.69) is 19.2 Å². The van der Waals surface area contributed by atoms with Crippen molar-refractivity contribution in [2.45, 2.75) is 24.3 Å². The van der Waals surface area contributed by atoms with E-state index >= 15 is 0 Å². The van der Waals surface area contributed by atoms with Crippen molar-refractivity contribution in [3.63, 3.8) is 0 Å². The minimum atomic E-state index is 0.0610. The van der Waals surface area contributed by atoms with E-state index in [1.807, 2.05) is 29.8 Å². The molecule has 1 aliphatic heterocycles. The summed E-state index contributed by atoms with van der Waals surface area (Å²) in [7, 11) is 1.82. The normalized spacial score (nSPS) is 23.3. The molecule has 1 aromatic carbocycles. The van der Waals surface area contributed by atoms with Crippen molar-refractivity contribution in [1.29, 1.82) is 0 Å². The lowest BCUT2D eigenvalue weighted by molar-refractivity contribution is 0.0754. The van der Waals surface area contributed by atoms with Gasteiger partial charge in [0.1, 0.15) is 0 Å². The van der Waals surface area contributed by atoms with Crippen LogP contribution in [0.1, 0.15) is 24.2 Å². The second-order valence-corrected chi connectivity index (χ2v) is 7.23. The molecule has 104 valence electrons. The van der Waals surface area contributed by atoms with Crippen LogP contribution < -0.4 is 5.32 Å². The maximum absolute atomic E-state index is 12.6. The van der Waals surface area contributed by atoms with Gasteiger partial charge in [-0.15, -0.1) is 0 Å². The molecule has 1 aliphatic rings. The molecular formula is C14H19ClN2OS. The lowest BCUT2D eigenvalue weighted by Gasteiger charge is -2.35. The minimum Gasteiger partial charge on any atom is -0.387 e. The topological polar surface area (TPSA) is 32.3 Å². The van der Waals surface area contributed by atoms with Gasteiger partial charge < -0.3 is 10.2 Å². The molecule has 0 aliphatic carbocycles. The third-order valence-corrected chi connectivity index (χ3v) is 4.65. The van der Waals surface area contributed by atoms with Crippen LogP contribution in [-0.4, -0.2) is 41.4 Å². The van der Waals surface area contributed by atoms with Gasteiger partial charge in [-0.1, -0.05) is 25.4 Å². The number of nitrogens with one attached hydrogen (secondary N) is 1. The van der Waals surface area contributed by atoms with Crippen LogP contribution >= 0.6 is 23.4 Å². The molecule has 0 spiro atoms. The molecule has 0 saturated carbocycles. The van der Waals surface area contributed by atoms with Gasteiger partial charge in [-0.25, -0.2) is 0 Å². The minimum absolute atomic E-state index is 0.0610. The van der Waals surface area contributed by atoms with Gasteiger partial charge in [0.15, 0.2) is 0 Å². The number of benzene rings is 1. The van der Waals surface area contributed by atoms with Gasteiger partial charge in [-0.2, -0.15) is 11.8 Å². The SMILES string of the molecule is CNc1ccc(Cl)cc1C(=O)N1CC(C)SC(C)C1. The molecule has 1 N–H and O–H groups in total. The Morgan fingerprint density at radius 2 is 2.00 bits per heavy atom. The zero-order valence-corrected chi connectivity index (χ0v) is 13.0. The predicted octanol–water partition coefficient (Wildman–Crippen LogP) is 3.35. The molecule has 1 heterocycles. The highest BCUT2D eigenvalue weighted by Gasteiger charge is 2.27. The highest BCUT2D eigenvalue weighted by molar-refractivity contribution is 8.00. The molecule has 2 atom stereocenters. The smallest absolute Gasteiger partial charge is 0.256 e. The molecule has 1 saturated heterocycles. The number of rotatable bonds is 2. The summed E-state index contributed by atoms with van der Waals surface area (Å²) in [5, 5.41) is 4.60. The van der Waals surface area contributed by atoms with E-state index in [0.29, 0.717) is 21.1 Å². The number of carbonyl (C=O) groups is 1. The average molecular weight is 299 g/mol. The molecule has 0 radical (unpaired) electrons. The number of thioether (sulfide) groups is 1. The largest absolute Gasteiger partial charge is 0.387 e. The van der Waals surface area contributed by atoms with E-state index in [1.165, 1.54) is 0 Å². The van der Waals surface area contributed by atoms with E-state index in [4.69, 9.17) is 11.6 Å². The quantitative estimate of drug-likeness (QED) is 0.909. The van der Waals surface area contributed by atoms with E-state index in [-0.39, 0.29) is 5.91 Å². The molecule has 1 aromatic rings. The monoisotopic (exact) mass is 298 g/mol. The van der Waals surface area contributed by atoms with Crippen LogP contribution in [-0.2, 0) is 0 Å². The third kappa shape index (κ3) is 3.37. The highest BCUT2D eigenvalue weighted by atomic mass is 35.5. The van der Waals surface area contributed by atoms with Crippen molar-refractivity contribution >= 4 is 35.0 Å². The van der Waals surface area contributed by atoms with Crippen LogP contribution in [0.15, 0.2) is 18.2 Å². The number of halogens is 1. The Kier molecular flexibility index (Phi) is 4.63. The van der Waals surface area contributed by atoms with Gasteiger partial charge in [-0.05, 0) is 18.2 Å². The zero-order chi connectivity index (χ0) is 14.0. The molecule has 1 amide bonds. The van der Waals surface area contributed by atoms with Gasteiger partial charge in [0.2, 0.25) is 0 Å². The Labute approximate surface area is 123 Å². The Morgan fingerprint density at radius 3 is 2.58 bits per heavy atom. The fourth-order valence-corrected chi connectivity index (χ4v) is 3.92. The first-order chi connectivity index (χ1) is 9.01. The van der Waals surface area contributed by atoms with Crippen molar-refractivity contribution in [3.8, 4) is 0 Å². The molecule has 19 heavy (non-hydrogen) atoms. The Morgan fingerprint density at radius 1 is 1.37 bits per heavy atom. The number of nitrogens with zero attached hydrogens (tertiary/aromatic N) is 1. The second-order valence-electron chi connectivity index (χ2n) is 4.91. The van der Waals surface area contributed by atoms with Crippen molar-refractivity contribution in [2.75, 3.05) is 25.5 Å². The lowest BCUT2D eigenvalue weighted by Crippen LogP contribution is -2.44. The molecule has 5 heteroatoms. The fraction of sp³-hybridized carbons (Fsp3) is 0.500. The Balaban J connectivity index is 2.26. The van der Waals surface area contributed by atoms with Crippen LogP contribution in [0.2, 0.25) is 5.02 Å². The van der Waals surface area contributed by atoms with E-state index in [0.717, 1.165) is 18.8 Å². The average Bonchev–Trinajstić information content (AvgIpc) is 2.36. The molecule has 1 fully saturated rings. The van der Waals surface area contributed by atoms with Crippen LogP contribution in [0.5, 0.6) is 0 Å². The lowest BCUT2D eigenvalue weighted by atomic mass is 10.1. The van der Waals surface area contributed by atoms with Gasteiger partial charge in [0.25, 0.3) is 5.91 Å². The Bertz CT molecular complexity index is 471. The van der Waals surface area contributed by atoms with E-state index < -0.39 is 0 Å². The fourth-order valence-electron chi connectivity index (χ4n) is 2.43. The van der Waals surface area contributed by atoms with Crippen LogP contribution in [0.4, 0.5) is 5.69 Å². The van der Waals surface area contributed by atoms with E-state index in [1.54, 1.807) is 12.1 Å². The van der Waals surface area contributed by atoms with Crippen molar-refractivity contribution in [1.82, 2.24) is 4.90 Å². The zero-order valence-electron chi connectivity index (χ0n) is 11.4. The van der Waals surface area contributed by atoms with Crippen molar-refractivity contribution < 1.29 is 4.79 Å². The third-order valence-electron chi connectivity index (χ3n) is 3.19. The summed E-state index contributed by atoms with van der Waals surface area (Å²) in [4.78, 5) is 14.6. The van der Waals surface area contributed by atoms with Crippen LogP contribution in [0, 0.1) is 0 Å². The molecular weight excluding hydrogens is 280 g/mol. The summed E-state index contributed by atoms with van der Waals surface area (Å²) >= 11 is 7.95. The molecule has 2 rings (SSSR count). The maximum atomic E-state index is 12.6. The van der Waals surface area contributed by atoms with Crippen molar-refractivity contribution in [3.05, 3.63) is 28.8 Å². The number of hydrogen-bond donors (Lipinski definition) is 1. The summed E-state index contributed by atoms with van der Waals surface area (Å²) in [5.41, 5.74) is 1.48. The molecule has 0 aromatic heterocycles. The first-order valence-corrected chi connectivity index (χ1v) is 7.75. The van der Waals surface area contributed by atoms with Gasteiger partial charge in [0.05, 0.1) is 5.56 Å². The first-order valence-electron chi connectivity index (χ1n) is 6.43. The first kappa shape index (κ1) is 14.5. The molecule has 2 unspecified atom stereocenters. The number of hydrogen-bond acceptors (Lipinski definition) is 3. The van der Waals surface area contributed by atoms with Gasteiger partial charge >= 0.3 is 0 Å². The standard InChI is InChI=1S/C14H19ClN2OS/c1-9-7-17(8-10(2)19-9)14(18)12-6-11(15)4-5-13(12)16-3/h4-6,9-10,16H,7-8H2,1-3H3. The molecule has 3 nitrogen and oxygen atoms in total. The summed E-state index contributed by atoms with van der Waals surface area (Å²) < 4.78 is 0. The Hall–Kier alpha value is -0.870. The number of carbonyl (C=O) groups excluding carboxylic acids is 1. The summed E-state index contributed by atoms with van der Waals surface area (Å²) in [5.74, 6) is 0.0610. The van der Waals surface area contributed by atoms with Crippen LogP contribution in [0.3, 0.4) is 0 Å². The number of amides is 1. The van der Waals surface area contributed by atoms with E-state index in [9.17, 15) is 4.79 Å². The van der Waals surface area contributed by atoms with Crippen molar-refractivity contribution in [2.24, 2.45) is 0 Å². The summed E-state index contributed by atoms with van der Waals surface area (Å²) in [6.45, 7) is 5.92. The predicted molar refractivity (Wildman–Crippen MR) is 83.4 cm³/mol. The van der Waals surface area contributed by atoms with Crippen LogP contribution in [0.25, 0.3) is 0 Å². The summed E-state index contributed by atoms with van der Waals surface area (Å²) in [6.07, 6.45) is 0. The highest BCUT2D eigenvalue weighted by Crippen LogP contribution is 2.28. The van der Waals surface area contributed by atoms with Gasteiger partial charge in [0, 0.05) is 41.3 Å². The number of anilines is 1. The molecule has 0 bridgehead atoms. The summed E-state index contributed by atoms with van der Waals surface area (Å²) in [6, 6.07) is 5.38.